The Balaban J connectivity index is 1.55. The largest absolute Gasteiger partial charge is 0.342 e. The van der Waals surface area contributed by atoms with E-state index in [0.29, 0.717) is 11.8 Å². The van der Waals surface area contributed by atoms with Crippen molar-refractivity contribution in [1.29, 1.82) is 0 Å². The van der Waals surface area contributed by atoms with Crippen LogP contribution >= 0.6 is 11.3 Å². The van der Waals surface area contributed by atoms with Gasteiger partial charge in [-0.3, -0.25) is 0 Å². The summed E-state index contributed by atoms with van der Waals surface area (Å²) in [6, 6.07) is 13.3. The zero-order valence-corrected chi connectivity index (χ0v) is 19.9. The van der Waals surface area contributed by atoms with E-state index < -0.39 is 0 Å². The third-order valence-electron chi connectivity index (χ3n) is 6.30. The van der Waals surface area contributed by atoms with E-state index >= 15 is 0 Å². The van der Waals surface area contributed by atoms with Crippen LogP contribution in [0, 0.1) is 0 Å². The Labute approximate surface area is 195 Å². The fourth-order valence-electron chi connectivity index (χ4n) is 4.46. The SMILES string of the molecule is CC(C)c1ncc(-c2ccc3c4ccc(-c5cnc(C(C)C)[nH]5)cc4c4scnc4c3c2)[nH]1. The van der Waals surface area contributed by atoms with Gasteiger partial charge in [0.2, 0.25) is 0 Å². The Hall–Kier alpha value is -3.51. The predicted octanol–water partition coefficient (Wildman–Crippen LogP) is 7.63. The lowest BCUT2D eigenvalue weighted by Gasteiger charge is -2.10. The van der Waals surface area contributed by atoms with Crippen LogP contribution in [0.15, 0.2) is 54.3 Å². The maximum Gasteiger partial charge on any atom is 0.109 e. The van der Waals surface area contributed by atoms with Crippen molar-refractivity contribution in [3.05, 3.63) is 66.0 Å². The van der Waals surface area contributed by atoms with Gasteiger partial charge < -0.3 is 9.97 Å². The molecule has 0 aliphatic rings. The van der Waals surface area contributed by atoms with E-state index in [2.05, 4.69) is 84.0 Å². The van der Waals surface area contributed by atoms with Gasteiger partial charge in [0.15, 0.2) is 0 Å². The van der Waals surface area contributed by atoms with Crippen LogP contribution in [0.3, 0.4) is 0 Å². The average molecular weight is 452 g/mol. The van der Waals surface area contributed by atoms with Crippen LogP contribution in [0.1, 0.15) is 51.2 Å². The van der Waals surface area contributed by atoms with Crippen molar-refractivity contribution in [3.63, 3.8) is 0 Å². The number of H-pyrrole nitrogens is 2. The number of hydrogen-bond acceptors (Lipinski definition) is 4. The Morgan fingerprint density at radius 2 is 1.21 bits per heavy atom. The number of imidazole rings is 2. The molecule has 0 aliphatic heterocycles. The van der Waals surface area contributed by atoms with E-state index in [9.17, 15) is 0 Å². The first-order valence-corrected chi connectivity index (χ1v) is 12.2. The van der Waals surface area contributed by atoms with E-state index in [4.69, 9.17) is 4.98 Å². The third kappa shape index (κ3) is 3.25. The highest BCUT2D eigenvalue weighted by atomic mass is 32.1. The molecule has 6 aromatic rings. The van der Waals surface area contributed by atoms with Crippen LogP contribution < -0.4 is 0 Å². The topological polar surface area (TPSA) is 70.2 Å². The summed E-state index contributed by atoms with van der Waals surface area (Å²) >= 11 is 1.70. The molecule has 0 radical (unpaired) electrons. The summed E-state index contributed by atoms with van der Waals surface area (Å²) in [5.41, 5.74) is 7.37. The fourth-order valence-corrected chi connectivity index (χ4v) is 5.29. The molecule has 0 atom stereocenters. The van der Waals surface area contributed by atoms with Gasteiger partial charge in [-0.1, -0.05) is 52.0 Å². The van der Waals surface area contributed by atoms with Gasteiger partial charge in [0.1, 0.15) is 11.6 Å². The third-order valence-corrected chi connectivity index (χ3v) is 7.16. The van der Waals surface area contributed by atoms with Crippen LogP contribution in [0.25, 0.3) is 54.3 Å². The highest BCUT2D eigenvalue weighted by Gasteiger charge is 2.15. The molecule has 2 N–H and O–H groups in total. The summed E-state index contributed by atoms with van der Waals surface area (Å²) in [4.78, 5) is 20.8. The number of fused-ring (bicyclic) bond motifs is 6. The van der Waals surface area contributed by atoms with Crippen molar-refractivity contribution in [3.8, 4) is 22.5 Å². The smallest absolute Gasteiger partial charge is 0.109 e. The first-order chi connectivity index (χ1) is 16.0. The summed E-state index contributed by atoms with van der Waals surface area (Å²) in [5.74, 6) is 2.76. The molecule has 5 nitrogen and oxygen atoms in total. The lowest BCUT2D eigenvalue weighted by Crippen LogP contribution is -1.90. The van der Waals surface area contributed by atoms with Crippen LogP contribution in [-0.2, 0) is 0 Å². The molecule has 0 saturated heterocycles. The number of hydrogen-bond donors (Lipinski definition) is 2. The van der Waals surface area contributed by atoms with Crippen LogP contribution in [0.2, 0.25) is 0 Å². The number of aromatic amines is 2. The van der Waals surface area contributed by atoms with E-state index in [1.165, 1.54) is 26.2 Å². The molecule has 3 aromatic carbocycles. The highest BCUT2D eigenvalue weighted by molar-refractivity contribution is 7.18. The van der Waals surface area contributed by atoms with Crippen molar-refractivity contribution in [1.82, 2.24) is 24.9 Å². The summed E-state index contributed by atoms with van der Waals surface area (Å²) in [7, 11) is 0. The number of aromatic nitrogens is 5. The fraction of sp³-hybridized carbons (Fsp3) is 0.222. The summed E-state index contributed by atoms with van der Waals surface area (Å²) in [6.45, 7) is 8.60. The molecule has 3 aromatic heterocycles. The second-order valence-corrected chi connectivity index (χ2v) is 10.1. The minimum atomic E-state index is 0.370. The Bertz CT molecular complexity index is 1510. The van der Waals surface area contributed by atoms with Gasteiger partial charge in [-0.05, 0) is 22.9 Å². The number of nitrogens with zero attached hydrogens (tertiary/aromatic N) is 3. The van der Waals surface area contributed by atoms with Gasteiger partial charge in [0.05, 0.1) is 39.5 Å². The maximum absolute atomic E-state index is 4.77. The summed E-state index contributed by atoms with van der Waals surface area (Å²) < 4.78 is 1.22. The second-order valence-electron chi connectivity index (χ2n) is 9.22. The van der Waals surface area contributed by atoms with E-state index in [-0.39, 0.29) is 0 Å². The van der Waals surface area contributed by atoms with Crippen molar-refractivity contribution >= 4 is 43.1 Å². The van der Waals surface area contributed by atoms with Crippen molar-refractivity contribution in [2.75, 3.05) is 0 Å². The number of rotatable bonds is 4. The van der Waals surface area contributed by atoms with Gasteiger partial charge >= 0.3 is 0 Å². The maximum atomic E-state index is 4.77. The van der Waals surface area contributed by atoms with Crippen LogP contribution in [-0.4, -0.2) is 24.9 Å². The summed E-state index contributed by atoms with van der Waals surface area (Å²) in [5, 5.41) is 4.87. The van der Waals surface area contributed by atoms with E-state index in [1.54, 1.807) is 11.3 Å². The van der Waals surface area contributed by atoms with Gasteiger partial charge in [0, 0.05) is 33.7 Å². The predicted molar refractivity (Wildman–Crippen MR) is 138 cm³/mol. The molecule has 164 valence electrons. The molecule has 0 spiro atoms. The molecule has 0 unspecified atom stereocenters. The quantitative estimate of drug-likeness (QED) is 0.271. The van der Waals surface area contributed by atoms with Crippen molar-refractivity contribution in [2.24, 2.45) is 0 Å². The molecule has 0 bridgehead atoms. The molecule has 6 heteroatoms. The molecule has 0 aliphatic carbocycles. The molecule has 0 fully saturated rings. The lowest BCUT2D eigenvalue weighted by molar-refractivity contribution is 0.795. The molecular weight excluding hydrogens is 426 g/mol. The zero-order chi connectivity index (χ0) is 22.7. The van der Waals surface area contributed by atoms with Gasteiger partial charge in [0.25, 0.3) is 0 Å². The first kappa shape index (κ1) is 20.1. The monoisotopic (exact) mass is 451 g/mol. The number of benzene rings is 3. The van der Waals surface area contributed by atoms with E-state index in [0.717, 1.165) is 39.7 Å². The molecule has 0 saturated carbocycles. The molecule has 3 heterocycles. The van der Waals surface area contributed by atoms with Crippen LogP contribution in [0.4, 0.5) is 0 Å². The minimum Gasteiger partial charge on any atom is -0.342 e. The average Bonchev–Trinajstić information content (AvgIpc) is 3.59. The second kappa shape index (κ2) is 7.52. The lowest BCUT2D eigenvalue weighted by atomic mass is 9.96. The minimum absolute atomic E-state index is 0.370. The van der Waals surface area contributed by atoms with E-state index in [1.807, 2.05) is 17.9 Å². The van der Waals surface area contributed by atoms with Crippen LogP contribution in [0.5, 0.6) is 0 Å². The van der Waals surface area contributed by atoms with Crippen molar-refractivity contribution in [2.45, 2.75) is 39.5 Å². The molecule has 0 amide bonds. The van der Waals surface area contributed by atoms with Gasteiger partial charge in [-0.25, -0.2) is 15.0 Å². The molecular formula is C27H25N5S. The van der Waals surface area contributed by atoms with Crippen molar-refractivity contribution < 1.29 is 0 Å². The first-order valence-electron chi connectivity index (χ1n) is 11.3. The van der Waals surface area contributed by atoms with Gasteiger partial charge in [-0.2, -0.15) is 0 Å². The Morgan fingerprint density at radius 1 is 0.667 bits per heavy atom. The molecule has 6 rings (SSSR count). The molecule has 33 heavy (non-hydrogen) atoms. The normalized spacial score (nSPS) is 12.2. The highest BCUT2D eigenvalue weighted by Crippen LogP contribution is 2.39. The number of thiazole rings is 1. The Kier molecular flexibility index (Phi) is 4.59. The summed E-state index contributed by atoms with van der Waals surface area (Å²) in [6.07, 6.45) is 3.86. The standard InChI is InChI=1S/C27H25N5S/c1-14(2)26-28-11-22(31-26)16-5-7-18-19-8-6-17(23-12-29-27(32-23)15(3)4)10-21(19)25-24(20(18)9-16)30-13-33-25/h5-15H,1-4H3,(H,28,31)(H,29,32). The number of nitrogens with one attached hydrogen (secondary N) is 2. The van der Waals surface area contributed by atoms with Gasteiger partial charge in [-0.15, -0.1) is 11.3 Å². The zero-order valence-electron chi connectivity index (χ0n) is 19.1. The Morgan fingerprint density at radius 3 is 1.76 bits per heavy atom.